The fourth-order valence-corrected chi connectivity index (χ4v) is 1.21. The summed E-state index contributed by atoms with van der Waals surface area (Å²) in [4.78, 5) is 24.4. The molecule has 0 aromatic carbocycles. The Kier molecular flexibility index (Phi) is 2.91. The van der Waals surface area contributed by atoms with Crippen LogP contribution >= 0.6 is 11.3 Å². The van der Waals surface area contributed by atoms with Gasteiger partial charge in [-0.3, -0.25) is 9.59 Å². The zero-order chi connectivity index (χ0) is 9.84. The van der Waals surface area contributed by atoms with Crippen molar-refractivity contribution in [1.29, 1.82) is 0 Å². The van der Waals surface area contributed by atoms with Crippen LogP contribution in [0.3, 0.4) is 0 Å². The minimum absolute atomic E-state index is 0.152. The quantitative estimate of drug-likeness (QED) is 0.694. The van der Waals surface area contributed by atoms with E-state index in [9.17, 15) is 14.0 Å². The lowest BCUT2D eigenvalue weighted by atomic mass is 10.5. The average Bonchev–Trinajstić information content (AvgIpc) is 2.47. The monoisotopic (exact) mass is 203 g/mol. The molecule has 3 N–H and O–H groups in total. The van der Waals surface area contributed by atoms with Gasteiger partial charge in [-0.2, -0.15) is 4.39 Å². The van der Waals surface area contributed by atoms with Gasteiger partial charge in [-0.1, -0.05) is 0 Å². The van der Waals surface area contributed by atoms with Crippen molar-refractivity contribution in [3.63, 3.8) is 0 Å². The van der Waals surface area contributed by atoms with Crippen molar-refractivity contribution in [3.05, 3.63) is 16.3 Å². The minimum atomic E-state index is -0.841. The van der Waals surface area contributed by atoms with Gasteiger partial charge >= 0.3 is 0 Å². The second-order valence-electron chi connectivity index (χ2n) is 2.12. The minimum Gasteiger partial charge on any atom is -0.368 e. The summed E-state index contributed by atoms with van der Waals surface area (Å²) in [5.41, 5.74) is 5.98. The molecule has 1 aromatic heterocycles. The standard InChI is InChI=1S/C6H6FN3O2S/c7-5-4(13-2-10-5)6(12)9-1-3(8)11/h2H,1H2,(H2,8,11)(H,9,12). The van der Waals surface area contributed by atoms with E-state index in [2.05, 4.69) is 10.3 Å². The molecule has 1 rings (SSSR count). The van der Waals surface area contributed by atoms with Gasteiger partial charge in [-0.05, 0) is 0 Å². The number of hydrogen-bond donors (Lipinski definition) is 2. The SMILES string of the molecule is NC(=O)CNC(=O)c1scnc1F. The van der Waals surface area contributed by atoms with Crippen LogP contribution in [-0.2, 0) is 4.79 Å². The molecule has 0 atom stereocenters. The molecule has 1 heterocycles. The summed E-state index contributed by atoms with van der Waals surface area (Å²) < 4.78 is 12.6. The summed E-state index contributed by atoms with van der Waals surface area (Å²) in [7, 11) is 0. The maximum Gasteiger partial charge on any atom is 0.266 e. The summed E-state index contributed by atoms with van der Waals surface area (Å²) in [6.45, 7) is -0.309. The van der Waals surface area contributed by atoms with E-state index in [0.717, 1.165) is 11.3 Å². The van der Waals surface area contributed by atoms with Crippen molar-refractivity contribution >= 4 is 23.2 Å². The van der Waals surface area contributed by atoms with Crippen LogP contribution < -0.4 is 11.1 Å². The van der Waals surface area contributed by atoms with Crippen LogP contribution in [0.4, 0.5) is 4.39 Å². The van der Waals surface area contributed by atoms with Gasteiger partial charge in [0.1, 0.15) is 4.88 Å². The molecule has 7 heteroatoms. The van der Waals surface area contributed by atoms with E-state index in [4.69, 9.17) is 5.73 Å². The fraction of sp³-hybridized carbons (Fsp3) is 0.167. The van der Waals surface area contributed by atoms with Gasteiger partial charge in [0.2, 0.25) is 11.9 Å². The predicted molar refractivity (Wildman–Crippen MR) is 43.6 cm³/mol. The summed E-state index contributed by atoms with van der Waals surface area (Å²) in [5.74, 6) is -2.20. The van der Waals surface area contributed by atoms with Crippen molar-refractivity contribution in [2.75, 3.05) is 6.54 Å². The third-order valence-corrected chi connectivity index (χ3v) is 1.95. The maximum absolute atomic E-state index is 12.6. The molecule has 70 valence electrons. The molecule has 0 radical (unpaired) electrons. The van der Waals surface area contributed by atoms with Crippen LogP contribution in [0.25, 0.3) is 0 Å². The largest absolute Gasteiger partial charge is 0.368 e. The van der Waals surface area contributed by atoms with Crippen molar-refractivity contribution in [3.8, 4) is 0 Å². The molecule has 0 saturated heterocycles. The number of carbonyl (C=O) groups excluding carboxylic acids is 2. The Balaban J connectivity index is 2.59. The van der Waals surface area contributed by atoms with Crippen molar-refractivity contribution in [2.24, 2.45) is 5.73 Å². The number of hydrogen-bond acceptors (Lipinski definition) is 4. The average molecular weight is 203 g/mol. The Morgan fingerprint density at radius 3 is 2.85 bits per heavy atom. The lowest BCUT2D eigenvalue weighted by Gasteiger charge is -1.98. The highest BCUT2D eigenvalue weighted by molar-refractivity contribution is 7.11. The van der Waals surface area contributed by atoms with Crippen LogP contribution in [0.1, 0.15) is 9.67 Å². The third kappa shape index (κ3) is 2.48. The topological polar surface area (TPSA) is 85.1 Å². The van der Waals surface area contributed by atoms with Gasteiger partial charge in [0.05, 0.1) is 12.1 Å². The molecule has 0 spiro atoms. The van der Waals surface area contributed by atoms with Gasteiger partial charge in [0.15, 0.2) is 0 Å². The van der Waals surface area contributed by atoms with E-state index in [-0.39, 0.29) is 11.4 Å². The number of nitrogens with two attached hydrogens (primary N) is 1. The van der Waals surface area contributed by atoms with Crippen molar-refractivity contribution in [1.82, 2.24) is 10.3 Å². The van der Waals surface area contributed by atoms with Crippen LogP contribution in [0.2, 0.25) is 0 Å². The number of primary amides is 1. The Morgan fingerprint density at radius 2 is 2.38 bits per heavy atom. The molecule has 5 nitrogen and oxygen atoms in total. The van der Waals surface area contributed by atoms with E-state index >= 15 is 0 Å². The first kappa shape index (κ1) is 9.59. The van der Waals surface area contributed by atoms with Gasteiger partial charge < -0.3 is 11.1 Å². The molecule has 0 unspecified atom stereocenters. The number of rotatable bonds is 3. The summed E-state index contributed by atoms with van der Waals surface area (Å²) in [6, 6.07) is 0. The highest BCUT2D eigenvalue weighted by Crippen LogP contribution is 2.10. The first-order chi connectivity index (χ1) is 6.11. The zero-order valence-corrected chi connectivity index (χ0v) is 7.23. The third-order valence-electron chi connectivity index (χ3n) is 1.15. The Hall–Kier alpha value is -1.50. The van der Waals surface area contributed by atoms with E-state index < -0.39 is 17.8 Å². The number of nitrogens with one attached hydrogen (secondary N) is 1. The van der Waals surface area contributed by atoms with E-state index in [1.807, 2.05) is 0 Å². The maximum atomic E-state index is 12.6. The van der Waals surface area contributed by atoms with Crippen LogP contribution in [0, 0.1) is 5.95 Å². The number of halogens is 1. The van der Waals surface area contributed by atoms with Crippen LogP contribution in [-0.4, -0.2) is 23.3 Å². The Morgan fingerprint density at radius 1 is 1.69 bits per heavy atom. The summed E-state index contributed by atoms with van der Waals surface area (Å²) in [6.07, 6.45) is 0. The molecule has 0 saturated carbocycles. The predicted octanol–water partition coefficient (Wildman–Crippen LogP) is -0.503. The first-order valence-electron chi connectivity index (χ1n) is 3.26. The van der Waals surface area contributed by atoms with Crippen molar-refractivity contribution in [2.45, 2.75) is 0 Å². The lowest BCUT2D eigenvalue weighted by Crippen LogP contribution is -2.33. The number of carbonyl (C=O) groups is 2. The second-order valence-corrected chi connectivity index (χ2v) is 2.98. The molecule has 13 heavy (non-hydrogen) atoms. The number of nitrogens with zero attached hydrogens (tertiary/aromatic N) is 1. The van der Waals surface area contributed by atoms with E-state index in [0.29, 0.717) is 0 Å². The lowest BCUT2D eigenvalue weighted by molar-refractivity contribution is -0.117. The molecule has 1 aromatic rings. The first-order valence-corrected chi connectivity index (χ1v) is 4.14. The Labute approximate surface area is 76.8 Å². The van der Waals surface area contributed by atoms with Gasteiger partial charge in [-0.15, -0.1) is 11.3 Å². The molecule has 0 aliphatic carbocycles. The normalized spacial score (nSPS) is 9.62. The highest BCUT2D eigenvalue weighted by atomic mass is 32.1. The van der Waals surface area contributed by atoms with Crippen LogP contribution in [0.5, 0.6) is 0 Å². The molecule has 0 aliphatic heterocycles. The number of thiazole rings is 1. The highest BCUT2D eigenvalue weighted by Gasteiger charge is 2.14. The molecule has 0 fully saturated rings. The molecular formula is C6H6FN3O2S. The fourth-order valence-electron chi connectivity index (χ4n) is 0.627. The van der Waals surface area contributed by atoms with E-state index in [1.165, 1.54) is 5.51 Å². The second kappa shape index (κ2) is 3.94. The van der Waals surface area contributed by atoms with Crippen molar-refractivity contribution < 1.29 is 14.0 Å². The summed E-state index contributed by atoms with van der Waals surface area (Å²) in [5, 5.41) is 2.14. The Bertz CT molecular complexity index is 338. The van der Waals surface area contributed by atoms with Gasteiger partial charge in [-0.25, -0.2) is 4.98 Å². The smallest absolute Gasteiger partial charge is 0.266 e. The molecule has 0 aliphatic rings. The zero-order valence-electron chi connectivity index (χ0n) is 6.41. The number of aromatic nitrogens is 1. The molecular weight excluding hydrogens is 197 g/mol. The molecule has 0 bridgehead atoms. The van der Waals surface area contributed by atoms with Gasteiger partial charge in [0.25, 0.3) is 5.91 Å². The van der Waals surface area contributed by atoms with Gasteiger partial charge in [0, 0.05) is 0 Å². The number of amides is 2. The summed E-state index contributed by atoms with van der Waals surface area (Å²) >= 11 is 0.859. The van der Waals surface area contributed by atoms with E-state index in [1.54, 1.807) is 0 Å². The molecule has 2 amide bonds. The van der Waals surface area contributed by atoms with Crippen LogP contribution in [0.15, 0.2) is 5.51 Å².